The Morgan fingerprint density at radius 3 is 3.33 bits per heavy atom. The highest BCUT2D eigenvalue weighted by molar-refractivity contribution is 5.37. The fourth-order valence-electron chi connectivity index (χ4n) is 0.990. The van der Waals surface area contributed by atoms with Crippen LogP contribution in [0.2, 0.25) is 0 Å². The number of nitrogens with one attached hydrogen (secondary N) is 1. The normalized spacial score (nSPS) is 29.3. The Bertz CT molecular complexity index is 198. The van der Waals surface area contributed by atoms with E-state index in [1.54, 1.807) is 0 Å². The van der Waals surface area contributed by atoms with Gasteiger partial charge in [-0.25, -0.2) is 10.9 Å². The summed E-state index contributed by atoms with van der Waals surface area (Å²) in [5.41, 5.74) is 8.11. The Morgan fingerprint density at radius 1 is 1.44 bits per heavy atom. The molecule has 0 aromatic rings. The van der Waals surface area contributed by atoms with Crippen LogP contribution in [0.4, 0.5) is 0 Å². The molecule has 0 aromatic heterocycles. The first kappa shape index (κ1) is 4.82. The van der Waals surface area contributed by atoms with E-state index in [1.807, 2.05) is 18.4 Å². The van der Waals surface area contributed by atoms with Crippen LogP contribution in [0.3, 0.4) is 0 Å². The van der Waals surface area contributed by atoms with Crippen molar-refractivity contribution < 1.29 is 0 Å². The van der Waals surface area contributed by atoms with Crippen molar-refractivity contribution in [2.45, 2.75) is 6.04 Å². The Kier molecular flexibility index (Phi) is 0.932. The molecule has 2 aliphatic rings. The van der Waals surface area contributed by atoms with E-state index in [1.165, 1.54) is 5.57 Å². The molecule has 1 N–H and O–H groups in total. The maximum atomic E-state index is 3.91. The minimum absolute atomic E-state index is 0.343. The van der Waals surface area contributed by atoms with E-state index >= 15 is 0 Å². The van der Waals surface area contributed by atoms with Crippen molar-refractivity contribution in [1.29, 1.82) is 0 Å². The molecule has 9 heavy (non-hydrogen) atoms. The lowest BCUT2D eigenvalue weighted by Gasteiger charge is -2.07. The molecule has 1 aliphatic heterocycles. The zero-order chi connectivity index (χ0) is 6.10. The molecule has 0 amide bonds. The second kappa shape index (κ2) is 1.74. The maximum Gasteiger partial charge on any atom is 0.0730 e. The van der Waals surface area contributed by atoms with Crippen LogP contribution in [-0.2, 0) is 0 Å². The molecule has 0 saturated carbocycles. The summed E-state index contributed by atoms with van der Waals surface area (Å²) in [7, 11) is 0. The highest BCUT2D eigenvalue weighted by atomic mass is 15.4. The lowest BCUT2D eigenvalue weighted by molar-refractivity contribution is 0.639. The first-order valence-electron chi connectivity index (χ1n) is 2.97. The van der Waals surface area contributed by atoms with Crippen LogP contribution >= 0.6 is 0 Å². The van der Waals surface area contributed by atoms with Crippen molar-refractivity contribution in [3.05, 3.63) is 36.1 Å². The third kappa shape index (κ3) is 0.678. The summed E-state index contributed by atoms with van der Waals surface area (Å²) in [6, 6.07) is 0.343. The van der Waals surface area contributed by atoms with Crippen LogP contribution in [-0.4, -0.2) is 6.04 Å². The minimum Gasteiger partial charge on any atom is -0.209 e. The van der Waals surface area contributed by atoms with E-state index in [0.717, 1.165) is 0 Å². The van der Waals surface area contributed by atoms with Gasteiger partial charge in [0.05, 0.1) is 6.04 Å². The predicted octanol–water partition coefficient (Wildman–Crippen LogP) is 0.487. The molecule has 2 nitrogen and oxygen atoms in total. The lowest BCUT2D eigenvalue weighted by atomic mass is 10.1. The van der Waals surface area contributed by atoms with E-state index in [4.69, 9.17) is 0 Å². The number of allylic oxidation sites excluding steroid dienone is 2. The summed E-state index contributed by atoms with van der Waals surface area (Å²) in [5.74, 6) is 0. The standard InChI is InChI=1S/C7H7N2/c1-2-4-7-6(3-1)5-8-9-7/h1-5,7,9H. The van der Waals surface area contributed by atoms with Gasteiger partial charge in [0, 0.05) is 6.20 Å². The predicted molar refractivity (Wildman–Crippen MR) is 35.4 cm³/mol. The topological polar surface area (TPSA) is 26.1 Å². The van der Waals surface area contributed by atoms with Crippen LogP contribution in [0.15, 0.2) is 36.1 Å². The Hall–Kier alpha value is -1.02. The smallest absolute Gasteiger partial charge is 0.0730 e. The summed E-state index contributed by atoms with van der Waals surface area (Å²) in [4.78, 5) is 0. The Morgan fingerprint density at radius 2 is 2.44 bits per heavy atom. The van der Waals surface area contributed by atoms with Crippen molar-refractivity contribution in [2.75, 3.05) is 0 Å². The molecule has 45 valence electrons. The number of rotatable bonds is 0. The summed E-state index contributed by atoms with van der Waals surface area (Å²) >= 11 is 0. The van der Waals surface area contributed by atoms with E-state index in [-0.39, 0.29) is 0 Å². The average molecular weight is 119 g/mol. The van der Waals surface area contributed by atoms with Crippen molar-refractivity contribution >= 4 is 0 Å². The van der Waals surface area contributed by atoms with Crippen LogP contribution in [0.25, 0.3) is 0 Å². The summed E-state index contributed by atoms with van der Waals surface area (Å²) in [6.07, 6.45) is 10.0. The zero-order valence-corrected chi connectivity index (χ0v) is 4.91. The fourth-order valence-corrected chi connectivity index (χ4v) is 0.990. The largest absolute Gasteiger partial charge is 0.209 e. The molecule has 2 heteroatoms. The van der Waals surface area contributed by atoms with Gasteiger partial charge in [0.1, 0.15) is 0 Å². The summed E-state index contributed by atoms with van der Waals surface area (Å²) in [6.45, 7) is 0. The maximum absolute atomic E-state index is 3.91. The monoisotopic (exact) mass is 119 g/mol. The van der Waals surface area contributed by atoms with E-state index in [0.29, 0.717) is 6.04 Å². The molecule has 1 radical (unpaired) electrons. The summed E-state index contributed by atoms with van der Waals surface area (Å²) < 4.78 is 0. The van der Waals surface area contributed by atoms with Gasteiger partial charge >= 0.3 is 0 Å². The third-order valence-corrected chi connectivity index (χ3v) is 1.49. The first-order chi connectivity index (χ1) is 4.47. The highest BCUT2D eigenvalue weighted by Gasteiger charge is 2.14. The molecule has 0 bridgehead atoms. The second-order valence-electron chi connectivity index (χ2n) is 2.11. The van der Waals surface area contributed by atoms with Gasteiger partial charge in [0.2, 0.25) is 0 Å². The van der Waals surface area contributed by atoms with Crippen LogP contribution < -0.4 is 10.9 Å². The van der Waals surface area contributed by atoms with Crippen LogP contribution in [0.1, 0.15) is 0 Å². The van der Waals surface area contributed by atoms with E-state index < -0.39 is 0 Å². The van der Waals surface area contributed by atoms with Gasteiger partial charge in [-0.05, 0) is 5.57 Å². The molecule has 2 rings (SSSR count). The van der Waals surface area contributed by atoms with Gasteiger partial charge in [-0.3, -0.25) is 0 Å². The summed E-state index contributed by atoms with van der Waals surface area (Å²) in [5, 5.41) is 0. The second-order valence-corrected chi connectivity index (χ2v) is 2.11. The van der Waals surface area contributed by atoms with Crippen molar-refractivity contribution in [3.63, 3.8) is 0 Å². The van der Waals surface area contributed by atoms with Gasteiger partial charge in [-0.2, -0.15) is 0 Å². The van der Waals surface area contributed by atoms with Crippen molar-refractivity contribution in [2.24, 2.45) is 0 Å². The number of fused-ring (bicyclic) bond motifs is 1. The Balaban J connectivity index is 2.33. The highest BCUT2D eigenvalue weighted by Crippen LogP contribution is 2.13. The molecular weight excluding hydrogens is 112 g/mol. The fraction of sp³-hybridized carbons (Fsp3) is 0.143. The zero-order valence-electron chi connectivity index (χ0n) is 4.91. The molecule has 0 fully saturated rings. The number of hydrogen-bond acceptors (Lipinski definition) is 1. The molecule has 1 aliphatic carbocycles. The van der Waals surface area contributed by atoms with Gasteiger partial charge < -0.3 is 0 Å². The molecule has 0 aromatic carbocycles. The van der Waals surface area contributed by atoms with Gasteiger partial charge in [-0.1, -0.05) is 24.3 Å². The molecule has 0 saturated heterocycles. The molecule has 0 spiro atoms. The van der Waals surface area contributed by atoms with Gasteiger partial charge in [0.25, 0.3) is 0 Å². The van der Waals surface area contributed by atoms with Gasteiger partial charge in [-0.15, -0.1) is 0 Å². The average Bonchev–Trinajstić information content (AvgIpc) is 2.33. The molecule has 1 unspecified atom stereocenters. The first-order valence-corrected chi connectivity index (χ1v) is 2.97. The lowest BCUT2D eigenvalue weighted by Crippen LogP contribution is -2.25. The SMILES string of the molecule is C1=CC2=C[N]NC2C=C1. The molecular formula is C7H7N2. The quantitative estimate of drug-likeness (QED) is 0.493. The third-order valence-electron chi connectivity index (χ3n) is 1.49. The number of nitrogens with zero attached hydrogens (tertiary/aromatic N) is 1. The van der Waals surface area contributed by atoms with Crippen LogP contribution in [0, 0.1) is 0 Å². The van der Waals surface area contributed by atoms with Crippen molar-refractivity contribution in [1.82, 2.24) is 10.9 Å². The number of hydrogen-bond donors (Lipinski definition) is 1. The van der Waals surface area contributed by atoms with Gasteiger partial charge in [0.15, 0.2) is 0 Å². The van der Waals surface area contributed by atoms with Crippen molar-refractivity contribution in [3.8, 4) is 0 Å². The van der Waals surface area contributed by atoms with E-state index in [2.05, 4.69) is 23.0 Å². The Labute approximate surface area is 53.9 Å². The molecule has 1 heterocycles. The van der Waals surface area contributed by atoms with Crippen LogP contribution in [0.5, 0.6) is 0 Å². The molecule has 1 atom stereocenters. The minimum atomic E-state index is 0.343. The van der Waals surface area contributed by atoms with E-state index in [9.17, 15) is 0 Å².